The summed E-state index contributed by atoms with van der Waals surface area (Å²) in [4.78, 5) is 1.98. The second-order valence-corrected chi connectivity index (χ2v) is 5.61. The van der Waals surface area contributed by atoms with Gasteiger partial charge in [0.2, 0.25) is 5.82 Å². The van der Waals surface area contributed by atoms with E-state index in [2.05, 4.69) is 10.2 Å². The van der Waals surface area contributed by atoms with Crippen LogP contribution in [0.25, 0.3) is 0 Å². The minimum atomic E-state index is -4.47. The molecule has 0 bridgehead atoms. The van der Waals surface area contributed by atoms with Gasteiger partial charge in [-0.3, -0.25) is 4.90 Å². The van der Waals surface area contributed by atoms with Gasteiger partial charge in [0, 0.05) is 24.7 Å². The molecular formula is C14H14ClF3N4O. The van der Waals surface area contributed by atoms with Gasteiger partial charge in [-0.2, -0.15) is 13.2 Å². The summed E-state index contributed by atoms with van der Waals surface area (Å²) in [5.41, 5.74) is 0. The van der Waals surface area contributed by atoms with Gasteiger partial charge in [0.05, 0.1) is 6.54 Å². The average Bonchev–Trinajstić information content (AvgIpc) is 2.90. The number of ether oxygens (including phenoxy) is 1. The van der Waals surface area contributed by atoms with E-state index in [0.29, 0.717) is 42.8 Å². The van der Waals surface area contributed by atoms with Crippen LogP contribution < -0.4 is 4.74 Å². The highest BCUT2D eigenvalue weighted by molar-refractivity contribution is 6.30. The first-order chi connectivity index (χ1) is 10.9. The van der Waals surface area contributed by atoms with Crippen LogP contribution in [0.2, 0.25) is 5.02 Å². The number of benzene rings is 1. The fourth-order valence-corrected chi connectivity index (χ4v) is 2.64. The molecule has 0 saturated heterocycles. The Morgan fingerprint density at radius 2 is 2.04 bits per heavy atom. The van der Waals surface area contributed by atoms with Crippen LogP contribution in [0.4, 0.5) is 13.2 Å². The Morgan fingerprint density at radius 1 is 1.22 bits per heavy atom. The number of rotatable bonds is 4. The zero-order chi connectivity index (χ0) is 16.4. The maximum atomic E-state index is 12.8. The Balaban J connectivity index is 1.55. The van der Waals surface area contributed by atoms with E-state index in [0.717, 1.165) is 4.57 Å². The summed E-state index contributed by atoms with van der Waals surface area (Å²) in [5.74, 6) is 0.0608. The minimum Gasteiger partial charge on any atom is -0.492 e. The van der Waals surface area contributed by atoms with Crippen molar-refractivity contribution in [2.24, 2.45) is 0 Å². The zero-order valence-electron chi connectivity index (χ0n) is 12.1. The SMILES string of the molecule is FC(F)(F)c1nnc2n1CCN(CCOc1cccc(Cl)c1)C2. The first kappa shape index (κ1) is 16.1. The Hall–Kier alpha value is -1.80. The molecule has 2 heterocycles. The van der Waals surface area contributed by atoms with Crippen LogP contribution in [0.5, 0.6) is 5.75 Å². The normalized spacial score (nSPS) is 15.5. The molecule has 0 aliphatic carbocycles. The van der Waals surface area contributed by atoms with E-state index in [1.165, 1.54) is 0 Å². The summed E-state index contributed by atoms with van der Waals surface area (Å²) in [6.45, 7) is 2.03. The molecule has 1 aliphatic rings. The van der Waals surface area contributed by atoms with E-state index in [4.69, 9.17) is 16.3 Å². The number of hydrogen-bond donors (Lipinski definition) is 0. The predicted molar refractivity (Wildman–Crippen MR) is 77.2 cm³/mol. The van der Waals surface area contributed by atoms with Crippen LogP contribution in [0.3, 0.4) is 0 Å². The van der Waals surface area contributed by atoms with Crippen molar-refractivity contribution in [3.63, 3.8) is 0 Å². The minimum absolute atomic E-state index is 0.217. The van der Waals surface area contributed by atoms with E-state index in [-0.39, 0.29) is 6.54 Å². The molecule has 0 fully saturated rings. The lowest BCUT2D eigenvalue weighted by molar-refractivity contribution is -0.148. The molecule has 3 rings (SSSR count). The van der Waals surface area contributed by atoms with Gasteiger partial charge in [-0.1, -0.05) is 17.7 Å². The maximum absolute atomic E-state index is 12.8. The first-order valence-corrected chi connectivity index (χ1v) is 7.41. The summed E-state index contributed by atoms with van der Waals surface area (Å²) >= 11 is 5.87. The van der Waals surface area contributed by atoms with Crippen molar-refractivity contribution in [3.8, 4) is 5.75 Å². The van der Waals surface area contributed by atoms with Crippen LogP contribution in [-0.2, 0) is 19.3 Å². The monoisotopic (exact) mass is 346 g/mol. The molecule has 9 heteroatoms. The van der Waals surface area contributed by atoms with E-state index >= 15 is 0 Å². The molecular weight excluding hydrogens is 333 g/mol. The summed E-state index contributed by atoms with van der Waals surface area (Å²) < 4.78 is 45.0. The molecule has 0 atom stereocenters. The Morgan fingerprint density at radius 3 is 2.78 bits per heavy atom. The summed E-state index contributed by atoms with van der Waals surface area (Å²) in [6.07, 6.45) is -4.47. The number of fused-ring (bicyclic) bond motifs is 1. The molecule has 0 N–H and O–H groups in total. The van der Waals surface area contributed by atoms with Crippen LogP contribution in [0.1, 0.15) is 11.6 Å². The van der Waals surface area contributed by atoms with Gasteiger partial charge in [0.25, 0.3) is 0 Å². The highest BCUT2D eigenvalue weighted by Gasteiger charge is 2.39. The molecule has 1 aromatic carbocycles. The van der Waals surface area contributed by atoms with Crippen molar-refractivity contribution in [3.05, 3.63) is 40.9 Å². The third-order valence-electron chi connectivity index (χ3n) is 3.56. The van der Waals surface area contributed by atoms with Gasteiger partial charge < -0.3 is 9.30 Å². The maximum Gasteiger partial charge on any atom is 0.451 e. The van der Waals surface area contributed by atoms with Gasteiger partial charge in [-0.15, -0.1) is 10.2 Å². The quantitative estimate of drug-likeness (QED) is 0.854. The Kier molecular flexibility index (Phi) is 4.45. The fourth-order valence-electron chi connectivity index (χ4n) is 2.46. The Labute approximate surface area is 135 Å². The van der Waals surface area contributed by atoms with Crippen LogP contribution >= 0.6 is 11.6 Å². The average molecular weight is 347 g/mol. The number of hydrogen-bond acceptors (Lipinski definition) is 4. The molecule has 0 unspecified atom stereocenters. The Bertz CT molecular complexity index is 689. The zero-order valence-corrected chi connectivity index (χ0v) is 12.8. The molecule has 5 nitrogen and oxygen atoms in total. The first-order valence-electron chi connectivity index (χ1n) is 7.03. The smallest absolute Gasteiger partial charge is 0.451 e. The molecule has 1 aromatic heterocycles. The number of alkyl halides is 3. The highest BCUT2D eigenvalue weighted by atomic mass is 35.5. The van der Waals surface area contributed by atoms with E-state index in [1.807, 2.05) is 4.90 Å². The molecule has 2 aromatic rings. The molecule has 0 amide bonds. The lowest BCUT2D eigenvalue weighted by atomic mass is 10.3. The van der Waals surface area contributed by atoms with Gasteiger partial charge in [0.1, 0.15) is 18.2 Å². The summed E-state index contributed by atoms with van der Waals surface area (Å²) in [7, 11) is 0. The molecule has 23 heavy (non-hydrogen) atoms. The van der Waals surface area contributed by atoms with Gasteiger partial charge >= 0.3 is 6.18 Å². The predicted octanol–water partition coefficient (Wildman–Crippen LogP) is 2.84. The van der Waals surface area contributed by atoms with Crippen molar-refractivity contribution in [1.29, 1.82) is 0 Å². The van der Waals surface area contributed by atoms with Crippen LogP contribution in [-0.4, -0.2) is 39.4 Å². The molecule has 124 valence electrons. The number of nitrogens with zero attached hydrogens (tertiary/aromatic N) is 4. The largest absolute Gasteiger partial charge is 0.492 e. The van der Waals surface area contributed by atoms with Crippen molar-refractivity contribution in [2.75, 3.05) is 19.7 Å². The topological polar surface area (TPSA) is 43.2 Å². The third kappa shape index (κ3) is 3.76. The second-order valence-electron chi connectivity index (χ2n) is 5.17. The molecule has 1 aliphatic heterocycles. The van der Waals surface area contributed by atoms with Gasteiger partial charge in [-0.05, 0) is 18.2 Å². The van der Waals surface area contributed by atoms with Crippen molar-refractivity contribution in [2.45, 2.75) is 19.3 Å². The third-order valence-corrected chi connectivity index (χ3v) is 3.79. The van der Waals surface area contributed by atoms with Crippen LogP contribution in [0, 0.1) is 0 Å². The second kappa shape index (κ2) is 6.37. The van der Waals surface area contributed by atoms with E-state index in [1.54, 1.807) is 24.3 Å². The van der Waals surface area contributed by atoms with Gasteiger partial charge in [0.15, 0.2) is 0 Å². The standard InChI is InChI=1S/C14H14ClF3N4O/c15-10-2-1-3-11(8-10)23-7-6-21-4-5-22-12(9-21)19-20-13(22)14(16,17)18/h1-3,8H,4-7,9H2. The lowest BCUT2D eigenvalue weighted by Gasteiger charge is -2.27. The van der Waals surface area contributed by atoms with Crippen molar-refractivity contribution < 1.29 is 17.9 Å². The summed E-state index contributed by atoms with van der Waals surface area (Å²) in [6, 6.07) is 7.06. The van der Waals surface area contributed by atoms with Crippen LogP contribution in [0.15, 0.2) is 24.3 Å². The number of aromatic nitrogens is 3. The molecule has 0 spiro atoms. The van der Waals surface area contributed by atoms with E-state index in [9.17, 15) is 13.2 Å². The molecule has 0 saturated carbocycles. The van der Waals surface area contributed by atoms with Crippen molar-refractivity contribution >= 4 is 11.6 Å². The fraction of sp³-hybridized carbons (Fsp3) is 0.429. The highest BCUT2D eigenvalue weighted by Crippen LogP contribution is 2.29. The number of halogens is 4. The molecule has 0 radical (unpaired) electrons. The summed E-state index contributed by atoms with van der Waals surface area (Å²) in [5, 5.41) is 7.49. The van der Waals surface area contributed by atoms with Crippen molar-refractivity contribution in [1.82, 2.24) is 19.7 Å². The lowest BCUT2D eigenvalue weighted by Crippen LogP contribution is -2.37. The van der Waals surface area contributed by atoms with Gasteiger partial charge in [-0.25, -0.2) is 0 Å². The van der Waals surface area contributed by atoms with E-state index < -0.39 is 12.0 Å².